The Balaban J connectivity index is 1.57. The quantitative estimate of drug-likeness (QED) is 0.468. The molecule has 0 aliphatic heterocycles. The number of urea groups is 1. The fourth-order valence-electron chi connectivity index (χ4n) is 2.59. The fourth-order valence-corrected chi connectivity index (χ4v) is 3.83. The molecule has 4 rings (SSSR count). The molecule has 2 heterocycles. The van der Waals surface area contributed by atoms with E-state index >= 15 is 0 Å². The Bertz CT molecular complexity index is 1160. The average Bonchev–Trinajstić information content (AvgIpc) is 3.12. The van der Waals surface area contributed by atoms with Crippen LogP contribution in [-0.4, -0.2) is 25.6 Å². The van der Waals surface area contributed by atoms with Crippen molar-refractivity contribution in [3.05, 3.63) is 71.6 Å². The van der Waals surface area contributed by atoms with Crippen LogP contribution in [0.15, 0.2) is 70.8 Å². The highest BCUT2D eigenvalue weighted by Crippen LogP contribution is 2.33. The van der Waals surface area contributed by atoms with E-state index in [0.717, 1.165) is 15.6 Å². The van der Waals surface area contributed by atoms with Crippen molar-refractivity contribution in [3.8, 4) is 0 Å². The zero-order chi connectivity index (χ0) is 19.5. The number of hydrogen-bond donors (Lipinski definition) is 2. The van der Waals surface area contributed by atoms with E-state index in [1.54, 1.807) is 28.8 Å². The van der Waals surface area contributed by atoms with E-state index in [1.165, 1.54) is 18.1 Å². The minimum Gasteiger partial charge on any atom is -0.308 e. The van der Waals surface area contributed by atoms with Crippen LogP contribution in [0.1, 0.15) is 5.69 Å². The van der Waals surface area contributed by atoms with Crippen LogP contribution in [0.3, 0.4) is 0 Å². The highest BCUT2D eigenvalue weighted by Gasteiger charge is 2.12. The molecule has 2 aromatic heterocycles. The number of nitrogens with one attached hydrogen (secondary N) is 2. The Hall–Kier alpha value is -3.10. The molecule has 0 unspecified atom stereocenters. The summed E-state index contributed by atoms with van der Waals surface area (Å²) in [6.45, 7) is 1.90. The van der Waals surface area contributed by atoms with E-state index in [-0.39, 0.29) is 6.03 Å². The normalized spacial score (nSPS) is 10.8. The first-order valence-corrected chi connectivity index (χ1v) is 9.56. The first kappa shape index (κ1) is 18.3. The number of hydrogen-bond acceptors (Lipinski definition) is 5. The summed E-state index contributed by atoms with van der Waals surface area (Å²) >= 11 is 7.43. The number of anilines is 2. The second kappa shape index (κ2) is 7.87. The first-order valence-electron chi connectivity index (χ1n) is 8.36. The lowest BCUT2D eigenvalue weighted by Gasteiger charge is -2.12. The number of para-hydroxylation sites is 1. The van der Waals surface area contributed by atoms with Crippen LogP contribution < -0.4 is 10.6 Å². The van der Waals surface area contributed by atoms with E-state index in [4.69, 9.17) is 11.6 Å². The summed E-state index contributed by atoms with van der Waals surface area (Å²) in [5.41, 5.74) is 2.13. The van der Waals surface area contributed by atoms with Crippen molar-refractivity contribution in [1.29, 1.82) is 0 Å². The summed E-state index contributed by atoms with van der Waals surface area (Å²) in [5, 5.41) is 11.3. The predicted octanol–water partition coefficient (Wildman–Crippen LogP) is 4.88. The minimum atomic E-state index is -0.355. The van der Waals surface area contributed by atoms with Crippen LogP contribution >= 0.6 is 23.4 Å². The van der Waals surface area contributed by atoms with Gasteiger partial charge in [0.1, 0.15) is 11.4 Å². The molecule has 9 heteroatoms. The molecule has 140 valence electrons. The van der Waals surface area contributed by atoms with Crippen molar-refractivity contribution >= 4 is 46.5 Å². The Morgan fingerprint density at radius 1 is 1.11 bits per heavy atom. The van der Waals surface area contributed by atoms with E-state index < -0.39 is 0 Å². The highest BCUT2D eigenvalue weighted by atomic mass is 35.5. The van der Waals surface area contributed by atoms with Gasteiger partial charge in [0.05, 0.1) is 5.69 Å². The molecule has 0 radical (unpaired) electrons. The van der Waals surface area contributed by atoms with Gasteiger partial charge in [-0.25, -0.2) is 9.78 Å². The molecule has 2 amide bonds. The maximum Gasteiger partial charge on any atom is 0.323 e. The number of rotatable bonds is 4. The third kappa shape index (κ3) is 4.08. The second-order valence-corrected chi connectivity index (χ2v) is 7.39. The van der Waals surface area contributed by atoms with Crippen LogP contribution in [0.5, 0.6) is 0 Å². The molecular formula is C19H15ClN6OS. The molecule has 2 aromatic carbocycles. The van der Waals surface area contributed by atoms with Crippen LogP contribution in [0, 0.1) is 6.92 Å². The van der Waals surface area contributed by atoms with Gasteiger partial charge in [0.2, 0.25) is 0 Å². The zero-order valence-corrected chi connectivity index (χ0v) is 16.3. The number of carbonyl (C=O) groups excluding carboxylic acids is 1. The van der Waals surface area contributed by atoms with Gasteiger partial charge in [0.25, 0.3) is 5.78 Å². The van der Waals surface area contributed by atoms with Crippen LogP contribution in [-0.2, 0) is 0 Å². The number of nitrogens with zero attached hydrogens (tertiary/aromatic N) is 4. The van der Waals surface area contributed by atoms with Gasteiger partial charge in [0.15, 0.2) is 0 Å². The Morgan fingerprint density at radius 3 is 2.82 bits per heavy atom. The maximum absolute atomic E-state index is 12.4. The maximum atomic E-state index is 12.4. The Kier molecular flexibility index (Phi) is 5.14. The molecular weight excluding hydrogens is 396 g/mol. The summed E-state index contributed by atoms with van der Waals surface area (Å²) in [6.07, 6.45) is 1.47. The zero-order valence-electron chi connectivity index (χ0n) is 14.8. The van der Waals surface area contributed by atoms with Crippen molar-refractivity contribution < 1.29 is 4.79 Å². The Morgan fingerprint density at radius 2 is 1.96 bits per heavy atom. The number of benzene rings is 2. The topological polar surface area (TPSA) is 84.2 Å². The minimum absolute atomic E-state index is 0.355. The number of amides is 2. The average molecular weight is 411 g/mol. The number of aromatic nitrogens is 4. The van der Waals surface area contributed by atoms with Gasteiger partial charge in [-0.3, -0.25) is 0 Å². The lowest BCUT2D eigenvalue weighted by Crippen LogP contribution is -2.19. The molecule has 0 spiro atoms. The lowest BCUT2D eigenvalue weighted by atomic mass is 10.3. The highest BCUT2D eigenvalue weighted by molar-refractivity contribution is 7.99. The van der Waals surface area contributed by atoms with Crippen molar-refractivity contribution in [2.45, 2.75) is 16.8 Å². The summed E-state index contributed by atoms with van der Waals surface area (Å²) in [5.74, 6) is 0.534. The van der Waals surface area contributed by atoms with E-state index in [9.17, 15) is 4.79 Å². The smallest absolute Gasteiger partial charge is 0.308 e. The van der Waals surface area contributed by atoms with Crippen LogP contribution in [0.2, 0.25) is 5.02 Å². The largest absolute Gasteiger partial charge is 0.323 e. The van der Waals surface area contributed by atoms with Gasteiger partial charge in [-0.1, -0.05) is 41.6 Å². The van der Waals surface area contributed by atoms with E-state index in [0.29, 0.717) is 22.2 Å². The molecule has 4 aromatic rings. The second-order valence-electron chi connectivity index (χ2n) is 5.90. The molecule has 0 aliphatic rings. The summed E-state index contributed by atoms with van der Waals surface area (Å²) in [4.78, 5) is 21.8. The van der Waals surface area contributed by atoms with Gasteiger partial charge in [-0.15, -0.1) is 0 Å². The number of carbonyl (C=O) groups is 1. The molecule has 0 atom stereocenters. The van der Waals surface area contributed by atoms with Gasteiger partial charge in [0, 0.05) is 21.3 Å². The predicted molar refractivity (Wildman–Crippen MR) is 110 cm³/mol. The molecule has 0 aliphatic carbocycles. The third-order valence-corrected chi connectivity index (χ3v) is 5.09. The van der Waals surface area contributed by atoms with Crippen molar-refractivity contribution in [3.63, 3.8) is 0 Å². The van der Waals surface area contributed by atoms with E-state index in [1.807, 2.05) is 37.3 Å². The monoisotopic (exact) mass is 410 g/mol. The standard InChI is InChI=1S/C19H15ClN6OS/c1-12-9-17(26-18(23-12)21-11-22-26)28-16-8-3-2-7-15(16)25-19(27)24-14-6-4-5-13(20)10-14/h2-11H,1H3,(H2,24,25,27). The molecule has 0 saturated carbocycles. The molecule has 7 nitrogen and oxygen atoms in total. The molecule has 0 saturated heterocycles. The van der Waals surface area contributed by atoms with Crippen LogP contribution in [0.25, 0.3) is 5.78 Å². The van der Waals surface area contributed by atoms with E-state index in [2.05, 4.69) is 25.7 Å². The van der Waals surface area contributed by atoms with Crippen molar-refractivity contribution in [2.75, 3.05) is 10.6 Å². The number of fused-ring (bicyclic) bond motifs is 1. The van der Waals surface area contributed by atoms with Gasteiger partial charge in [-0.05, 0) is 43.3 Å². The molecule has 0 fully saturated rings. The lowest BCUT2D eigenvalue weighted by molar-refractivity contribution is 0.262. The van der Waals surface area contributed by atoms with Gasteiger partial charge >= 0.3 is 6.03 Å². The first-order chi connectivity index (χ1) is 13.6. The molecule has 2 N–H and O–H groups in total. The number of aryl methyl sites for hydroxylation is 1. The van der Waals surface area contributed by atoms with Gasteiger partial charge in [-0.2, -0.15) is 14.6 Å². The van der Waals surface area contributed by atoms with Crippen molar-refractivity contribution in [1.82, 2.24) is 19.6 Å². The summed E-state index contributed by atoms with van der Waals surface area (Å²) in [7, 11) is 0. The van der Waals surface area contributed by atoms with Gasteiger partial charge < -0.3 is 10.6 Å². The summed E-state index contributed by atoms with van der Waals surface area (Å²) in [6, 6.07) is 16.1. The van der Waals surface area contributed by atoms with Crippen LogP contribution in [0.4, 0.5) is 16.2 Å². The summed E-state index contributed by atoms with van der Waals surface area (Å²) < 4.78 is 1.67. The third-order valence-electron chi connectivity index (χ3n) is 3.78. The Labute approximate surface area is 170 Å². The number of halogens is 1. The molecule has 28 heavy (non-hydrogen) atoms. The fraction of sp³-hybridized carbons (Fsp3) is 0.0526. The molecule has 0 bridgehead atoms. The SMILES string of the molecule is Cc1cc(Sc2ccccc2NC(=O)Nc2cccc(Cl)c2)n2ncnc2n1. The van der Waals surface area contributed by atoms with Crippen molar-refractivity contribution in [2.24, 2.45) is 0 Å².